The standard InChI is InChI=1S/C12H16BrNO/c1-12(15)6-3-7-14(9-12)11-5-2-4-10(13)8-11/h2,4-5,8,15H,3,6-7,9H2,1H3. The molecule has 2 nitrogen and oxygen atoms in total. The molecule has 1 aliphatic rings. The number of rotatable bonds is 1. The highest BCUT2D eigenvalue weighted by atomic mass is 79.9. The molecule has 1 fully saturated rings. The fourth-order valence-corrected chi connectivity index (χ4v) is 2.50. The first-order valence-electron chi connectivity index (χ1n) is 5.30. The van der Waals surface area contributed by atoms with Crippen LogP contribution in [0.25, 0.3) is 0 Å². The Hall–Kier alpha value is -0.540. The lowest BCUT2D eigenvalue weighted by atomic mass is 9.95. The van der Waals surface area contributed by atoms with Gasteiger partial charge in [-0.05, 0) is 38.0 Å². The third-order valence-electron chi connectivity index (χ3n) is 2.85. The van der Waals surface area contributed by atoms with Gasteiger partial charge in [0.05, 0.1) is 5.60 Å². The van der Waals surface area contributed by atoms with Crippen LogP contribution in [-0.4, -0.2) is 23.8 Å². The van der Waals surface area contributed by atoms with Crippen molar-refractivity contribution in [2.24, 2.45) is 0 Å². The number of hydrogen-bond donors (Lipinski definition) is 1. The minimum Gasteiger partial charge on any atom is -0.388 e. The van der Waals surface area contributed by atoms with Gasteiger partial charge in [0.15, 0.2) is 0 Å². The highest BCUT2D eigenvalue weighted by molar-refractivity contribution is 9.10. The molecule has 1 N–H and O–H groups in total. The molecule has 1 heterocycles. The van der Waals surface area contributed by atoms with Gasteiger partial charge >= 0.3 is 0 Å². The Labute approximate surface area is 99.0 Å². The lowest BCUT2D eigenvalue weighted by Crippen LogP contribution is -2.46. The first-order chi connectivity index (χ1) is 7.07. The Balaban J connectivity index is 2.17. The SMILES string of the molecule is CC1(O)CCCN(c2cccc(Br)c2)C1. The molecule has 1 atom stereocenters. The van der Waals surface area contributed by atoms with Crippen molar-refractivity contribution < 1.29 is 5.11 Å². The zero-order chi connectivity index (χ0) is 10.9. The van der Waals surface area contributed by atoms with E-state index in [2.05, 4.69) is 33.0 Å². The number of benzene rings is 1. The van der Waals surface area contributed by atoms with Crippen LogP contribution in [0.1, 0.15) is 19.8 Å². The van der Waals surface area contributed by atoms with Crippen molar-refractivity contribution in [2.45, 2.75) is 25.4 Å². The van der Waals surface area contributed by atoms with Crippen molar-refractivity contribution in [2.75, 3.05) is 18.0 Å². The van der Waals surface area contributed by atoms with Crippen molar-refractivity contribution in [1.82, 2.24) is 0 Å². The van der Waals surface area contributed by atoms with Crippen LogP contribution in [0.4, 0.5) is 5.69 Å². The minimum atomic E-state index is -0.541. The van der Waals surface area contributed by atoms with Crippen molar-refractivity contribution >= 4 is 21.6 Å². The van der Waals surface area contributed by atoms with E-state index >= 15 is 0 Å². The van der Waals surface area contributed by atoms with E-state index in [1.807, 2.05) is 19.1 Å². The van der Waals surface area contributed by atoms with Crippen LogP contribution in [0.2, 0.25) is 0 Å². The van der Waals surface area contributed by atoms with Gasteiger partial charge in [-0.3, -0.25) is 0 Å². The van der Waals surface area contributed by atoms with Crippen molar-refractivity contribution in [3.05, 3.63) is 28.7 Å². The molecule has 0 aliphatic carbocycles. The predicted molar refractivity (Wildman–Crippen MR) is 66.2 cm³/mol. The number of halogens is 1. The summed E-state index contributed by atoms with van der Waals surface area (Å²) in [5.41, 5.74) is 0.643. The lowest BCUT2D eigenvalue weighted by molar-refractivity contribution is 0.0449. The quantitative estimate of drug-likeness (QED) is 0.848. The highest BCUT2D eigenvalue weighted by Gasteiger charge is 2.28. The molecule has 0 saturated carbocycles. The van der Waals surface area contributed by atoms with Crippen LogP contribution in [0.3, 0.4) is 0 Å². The average Bonchev–Trinajstić information content (AvgIpc) is 2.16. The molecule has 1 aromatic carbocycles. The molecule has 0 radical (unpaired) electrons. The second-order valence-corrected chi connectivity index (χ2v) is 5.42. The topological polar surface area (TPSA) is 23.5 Å². The molecule has 2 rings (SSSR count). The summed E-state index contributed by atoms with van der Waals surface area (Å²) in [5, 5.41) is 10.0. The summed E-state index contributed by atoms with van der Waals surface area (Å²) in [6.45, 7) is 3.67. The maximum Gasteiger partial charge on any atom is 0.0794 e. The van der Waals surface area contributed by atoms with Crippen LogP contribution in [0.5, 0.6) is 0 Å². The van der Waals surface area contributed by atoms with Gasteiger partial charge in [-0.15, -0.1) is 0 Å². The zero-order valence-corrected chi connectivity index (χ0v) is 10.5. The molecule has 1 aliphatic heterocycles. The Morgan fingerprint density at radius 3 is 2.93 bits per heavy atom. The van der Waals surface area contributed by atoms with E-state index in [-0.39, 0.29) is 0 Å². The van der Waals surface area contributed by atoms with Gasteiger partial charge in [0, 0.05) is 23.2 Å². The Bertz CT molecular complexity index is 351. The molecule has 15 heavy (non-hydrogen) atoms. The fraction of sp³-hybridized carbons (Fsp3) is 0.500. The Kier molecular flexibility index (Phi) is 3.03. The third-order valence-corrected chi connectivity index (χ3v) is 3.34. The lowest BCUT2D eigenvalue weighted by Gasteiger charge is -2.38. The number of β-amino-alcohol motifs (C(OH)–C–C–N with tert-alkyl or cyclic N) is 1. The van der Waals surface area contributed by atoms with Crippen LogP contribution >= 0.6 is 15.9 Å². The molecule has 82 valence electrons. The normalized spacial score (nSPS) is 26.7. The number of piperidine rings is 1. The van der Waals surface area contributed by atoms with E-state index in [1.54, 1.807) is 0 Å². The third kappa shape index (κ3) is 2.73. The molecule has 0 aromatic heterocycles. The van der Waals surface area contributed by atoms with Gasteiger partial charge in [0.1, 0.15) is 0 Å². The summed E-state index contributed by atoms with van der Waals surface area (Å²) in [6, 6.07) is 8.24. The molecule has 1 unspecified atom stereocenters. The summed E-state index contributed by atoms with van der Waals surface area (Å²) < 4.78 is 1.09. The number of nitrogens with zero attached hydrogens (tertiary/aromatic N) is 1. The summed E-state index contributed by atoms with van der Waals surface area (Å²) in [7, 11) is 0. The second-order valence-electron chi connectivity index (χ2n) is 4.50. The molecular weight excluding hydrogens is 254 g/mol. The highest BCUT2D eigenvalue weighted by Crippen LogP contribution is 2.27. The largest absolute Gasteiger partial charge is 0.388 e. The molecule has 1 aromatic rings. The molecule has 0 bridgehead atoms. The fourth-order valence-electron chi connectivity index (χ4n) is 2.11. The number of hydrogen-bond acceptors (Lipinski definition) is 2. The van der Waals surface area contributed by atoms with E-state index < -0.39 is 5.60 Å². The van der Waals surface area contributed by atoms with Crippen molar-refractivity contribution in [3.8, 4) is 0 Å². The average molecular weight is 270 g/mol. The van der Waals surface area contributed by atoms with E-state index in [9.17, 15) is 5.11 Å². The van der Waals surface area contributed by atoms with Crippen LogP contribution < -0.4 is 4.90 Å². The first-order valence-corrected chi connectivity index (χ1v) is 6.09. The summed E-state index contributed by atoms with van der Waals surface area (Å²) in [5.74, 6) is 0. The van der Waals surface area contributed by atoms with Crippen LogP contribution in [-0.2, 0) is 0 Å². The minimum absolute atomic E-state index is 0.541. The smallest absolute Gasteiger partial charge is 0.0794 e. The summed E-state index contributed by atoms with van der Waals surface area (Å²) >= 11 is 3.47. The van der Waals surface area contributed by atoms with Gasteiger partial charge in [0.2, 0.25) is 0 Å². The van der Waals surface area contributed by atoms with Gasteiger partial charge in [0.25, 0.3) is 0 Å². The Morgan fingerprint density at radius 1 is 1.47 bits per heavy atom. The van der Waals surface area contributed by atoms with E-state index in [0.717, 1.165) is 30.4 Å². The molecular formula is C12H16BrNO. The molecule has 3 heteroatoms. The number of anilines is 1. The maximum atomic E-state index is 10.0. The van der Waals surface area contributed by atoms with Crippen molar-refractivity contribution in [1.29, 1.82) is 0 Å². The molecule has 0 spiro atoms. The molecule has 1 saturated heterocycles. The molecule has 0 amide bonds. The van der Waals surface area contributed by atoms with Gasteiger partial charge in [-0.2, -0.15) is 0 Å². The summed E-state index contributed by atoms with van der Waals surface area (Å²) in [6.07, 6.45) is 1.96. The van der Waals surface area contributed by atoms with E-state index in [4.69, 9.17) is 0 Å². The van der Waals surface area contributed by atoms with Gasteiger partial charge < -0.3 is 10.0 Å². The van der Waals surface area contributed by atoms with Gasteiger partial charge in [-0.25, -0.2) is 0 Å². The summed E-state index contributed by atoms with van der Waals surface area (Å²) in [4.78, 5) is 2.24. The van der Waals surface area contributed by atoms with Crippen molar-refractivity contribution in [3.63, 3.8) is 0 Å². The van der Waals surface area contributed by atoms with E-state index in [1.165, 1.54) is 5.69 Å². The zero-order valence-electron chi connectivity index (χ0n) is 8.91. The first kappa shape index (κ1) is 11.0. The van der Waals surface area contributed by atoms with E-state index in [0.29, 0.717) is 0 Å². The monoisotopic (exact) mass is 269 g/mol. The maximum absolute atomic E-state index is 10.0. The number of aliphatic hydroxyl groups is 1. The van der Waals surface area contributed by atoms with Crippen LogP contribution in [0, 0.1) is 0 Å². The van der Waals surface area contributed by atoms with Gasteiger partial charge in [-0.1, -0.05) is 22.0 Å². The Morgan fingerprint density at radius 2 is 2.27 bits per heavy atom. The van der Waals surface area contributed by atoms with Crippen LogP contribution in [0.15, 0.2) is 28.7 Å². The predicted octanol–water partition coefficient (Wildman–Crippen LogP) is 2.80. The second kappa shape index (κ2) is 4.14.